The van der Waals surface area contributed by atoms with Crippen molar-refractivity contribution in [2.45, 2.75) is 11.7 Å². The fourth-order valence-electron chi connectivity index (χ4n) is 0.672. The lowest BCUT2D eigenvalue weighted by atomic mass is 10.4. The van der Waals surface area contributed by atoms with E-state index < -0.39 is 11.1 Å². The van der Waals surface area contributed by atoms with Crippen LogP contribution in [0.4, 0.5) is 0 Å². The number of rotatable bonds is 1. The molecule has 8 heavy (non-hydrogen) atoms. The Bertz CT molecular complexity index is 97.5. The van der Waals surface area contributed by atoms with Gasteiger partial charge in [-0.1, -0.05) is 0 Å². The molecular formula is C4H8O3S. The second-order valence-electron chi connectivity index (χ2n) is 1.76. The second-order valence-corrected chi connectivity index (χ2v) is 2.98. The Morgan fingerprint density at radius 3 is 2.75 bits per heavy atom. The first-order chi connectivity index (χ1) is 3.80. The Labute approximate surface area is 50.3 Å². The summed E-state index contributed by atoms with van der Waals surface area (Å²) >= 11 is -1.67. The third kappa shape index (κ3) is 1.27. The van der Waals surface area contributed by atoms with E-state index in [4.69, 9.17) is 9.29 Å². The molecule has 0 amide bonds. The fraction of sp³-hybridized carbons (Fsp3) is 1.00. The Kier molecular flexibility index (Phi) is 1.99. The molecule has 0 aliphatic carbocycles. The molecule has 3 nitrogen and oxygen atoms in total. The summed E-state index contributed by atoms with van der Waals surface area (Å²) in [6.45, 7) is 1.08. The van der Waals surface area contributed by atoms with Gasteiger partial charge < -0.3 is 9.29 Å². The Morgan fingerprint density at radius 2 is 2.50 bits per heavy atom. The minimum Gasteiger partial charge on any atom is -0.380 e. The molecule has 1 heterocycles. The predicted molar refractivity (Wildman–Crippen MR) is 30.0 cm³/mol. The van der Waals surface area contributed by atoms with E-state index in [1.54, 1.807) is 0 Å². The van der Waals surface area contributed by atoms with Crippen LogP contribution in [0.3, 0.4) is 0 Å². The van der Waals surface area contributed by atoms with E-state index in [0.717, 1.165) is 6.42 Å². The van der Waals surface area contributed by atoms with Gasteiger partial charge in [0.2, 0.25) is 0 Å². The lowest BCUT2D eigenvalue weighted by molar-refractivity contribution is 0.198. The molecule has 0 radical (unpaired) electrons. The van der Waals surface area contributed by atoms with Crippen LogP contribution in [0.15, 0.2) is 0 Å². The molecule has 0 bridgehead atoms. The number of hydrogen-bond acceptors (Lipinski definition) is 2. The highest BCUT2D eigenvalue weighted by molar-refractivity contribution is 7.79. The van der Waals surface area contributed by atoms with Crippen LogP contribution < -0.4 is 0 Å². The monoisotopic (exact) mass is 136 g/mol. The highest BCUT2D eigenvalue weighted by atomic mass is 32.2. The van der Waals surface area contributed by atoms with Crippen molar-refractivity contribution in [2.75, 3.05) is 13.2 Å². The molecule has 0 aromatic carbocycles. The molecule has 0 aromatic rings. The van der Waals surface area contributed by atoms with Gasteiger partial charge in [-0.3, -0.25) is 0 Å². The maximum atomic E-state index is 10.2. The average molecular weight is 136 g/mol. The maximum absolute atomic E-state index is 10.2. The first kappa shape index (κ1) is 6.19. The third-order valence-electron chi connectivity index (χ3n) is 1.17. The summed E-state index contributed by atoms with van der Waals surface area (Å²) in [5.41, 5.74) is 0. The van der Waals surface area contributed by atoms with Crippen LogP contribution in [0.2, 0.25) is 0 Å². The molecule has 0 saturated carbocycles. The van der Waals surface area contributed by atoms with Gasteiger partial charge in [-0.15, -0.1) is 0 Å². The predicted octanol–water partition coefficient (Wildman–Crippen LogP) is -0.00300. The molecule has 1 saturated heterocycles. The van der Waals surface area contributed by atoms with Gasteiger partial charge in [0.25, 0.3) is 0 Å². The molecule has 0 spiro atoms. The molecule has 1 aliphatic heterocycles. The standard InChI is InChI=1S/C4H8O3S/c5-8(6)4-1-2-7-3-4/h4H,1-3H2,(H,5,6)/t4-/m0/s1. The molecule has 1 aliphatic rings. The van der Waals surface area contributed by atoms with E-state index in [1.807, 2.05) is 0 Å². The average Bonchev–Trinajstić information content (AvgIpc) is 2.12. The van der Waals surface area contributed by atoms with Crippen molar-refractivity contribution in [1.29, 1.82) is 0 Å². The van der Waals surface area contributed by atoms with Gasteiger partial charge in [0.15, 0.2) is 11.1 Å². The summed E-state index contributed by atoms with van der Waals surface area (Å²) < 4.78 is 23.5. The molecule has 1 rings (SSSR count). The normalized spacial score (nSPS) is 32.9. The molecule has 0 aromatic heterocycles. The van der Waals surface area contributed by atoms with Crippen molar-refractivity contribution in [1.82, 2.24) is 0 Å². The molecule has 1 fully saturated rings. The van der Waals surface area contributed by atoms with E-state index in [2.05, 4.69) is 0 Å². The zero-order valence-electron chi connectivity index (χ0n) is 4.37. The van der Waals surface area contributed by atoms with Gasteiger partial charge >= 0.3 is 0 Å². The summed E-state index contributed by atoms with van der Waals surface area (Å²) in [5, 5.41) is -0.130. The lowest BCUT2D eigenvalue weighted by Gasteiger charge is -1.96. The van der Waals surface area contributed by atoms with Gasteiger partial charge in [-0.05, 0) is 6.42 Å². The highest BCUT2D eigenvalue weighted by Gasteiger charge is 2.20. The van der Waals surface area contributed by atoms with Crippen LogP contribution in [0.25, 0.3) is 0 Å². The summed E-state index contributed by atoms with van der Waals surface area (Å²) in [6.07, 6.45) is 0.725. The smallest absolute Gasteiger partial charge is 0.158 e. The SMILES string of the molecule is O=S(O)[C@H]1CCOC1. The van der Waals surface area contributed by atoms with Gasteiger partial charge in [0, 0.05) is 6.61 Å². The molecular weight excluding hydrogens is 128 g/mol. The van der Waals surface area contributed by atoms with E-state index in [-0.39, 0.29) is 5.25 Å². The van der Waals surface area contributed by atoms with Crippen LogP contribution >= 0.6 is 0 Å². The van der Waals surface area contributed by atoms with E-state index in [1.165, 1.54) is 0 Å². The molecule has 1 unspecified atom stereocenters. The van der Waals surface area contributed by atoms with Crippen molar-refractivity contribution in [3.63, 3.8) is 0 Å². The van der Waals surface area contributed by atoms with Gasteiger partial charge in [-0.2, -0.15) is 0 Å². The van der Waals surface area contributed by atoms with Crippen molar-refractivity contribution in [3.05, 3.63) is 0 Å². The zero-order chi connectivity index (χ0) is 5.98. The quantitative estimate of drug-likeness (QED) is 0.516. The third-order valence-corrected chi connectivity index (χ3v) is 2.12. The maximum Gasteiger partial charge on any atom is 0.158 e. The minimum atomic E-state index is -1.67. The highest BCUT2D eigenvalue weighted by Crippen LogP contribution is 2.08. The molecule has 48 valence electrons. The molecule has 4 heteroatoms. The summed E-state index contributed by atoms with van der Waals surface area (Å²) in [4.78, 5) is 0. The van der Waals surface area contributed by atoms with E-state index in [0.29, 0.717) is 13.2 Å². The minimum absolute atomic E-state index is 0.130. The largest absolute Gasteiger partial charge is 0.380 e. The fourth-order valence-corrected chi connectivity index (χ4v) is 1.18. The number of hydrogen-bond donors (Lipinski definition) is 1. The first-order valence-electron chi connectivity index (χ1n) is 2.48. The van der Waals surface area contributed by atoms with Gasteiger partial charge in [-0.25, -0.2) is 4.21 Å². The molecule has 1 N–H and O–H groups in total. The van der Waals surface area contributed by atoms with Crippen molar-refractivity contribution < 1.29 is 13.5 Å². The van der Waals surface area contributed by atoms with Crippen LogP contribution in [-0.2, 0) is 15.8 Å². The van der Waals surface area contributed by atoms with Crippen molar-refractivity contribution in [2.24, 2.45) is 0 Å². The topological polar surface area (TPSA) is 46.5 Å². The zero-order valence-corrected chi connectivity index (χ0v) is 5.19. The first-order valence-corrected chi connectivity index (χ1v) is 3.65. The lowest BCUT2D eigenvalue weighted by Crippen LogP contribution is -2.12. The van der Waals surface area contributed by atoms with Gasteiger partial charge in [0.05, 0.1) is 11.9 Å². The summed E-state index contributed by atoms with van der Waals surface area (Å²) in [5.74, 6) is 0. The van der Waals surface area contributed by atoms with Crippen LogP contribution in [0, 0.1) is 0 Å². The van der Waals surface area contributed by atoms with Crippen LogP contribution in [0.1, 0.15) is 6.42 Å². The summed E-state index contributed by atoms with van der Waals surface area (Å²) in [7, 11) is 0. The summed E-state index contributed by atoms with van der Waals surface area (Å²) in [6, 6.07) is 0. The van der Waals surface area contributed by atoms with Crippen molar-refractivity contribution >= 4 is 11.1 Å². The van der Waals surface area contributed by atoms with Gasteiger partial charge in [0.1, 0.15) is 0 Å². The van der Waals surface area contributed by atoms with E-state index >= 15 is 0 Å². The molecule has 2 atom stereocenters. The Balaban J connectivity index is 2.35. The van der Waals surface area contributed by atoms with E-state index in [9.17, 15) is 4.21 Å². The second kappa shape index (κ2) is 2.57. The van der Waals surface area contributed by atoms with Crippen molar-refractivity contribution in [3.8, 4) is 0 Å². The van der Waals surface area contributed by atoms with Crippen LogP contribution in [0.5, 0.6) is 0 Å². The Morgan fingerprint density at radius 1 is 1.75 bits per heavy atom. The Hall–Kier alpha value is 0.0700. The van der Waals surface area contributed by atoms with Crippen LogP contribution in [-0.4, -0.2) is 27.2 Å². The number of ether oxygens (including phenoxy) is 1.